The van der Waals surface area contributed by atoms with Gasteiger partial charge in [-0.15, -0.1) is 0 Å². The fraction of sp³-hybridized carbons (Fsp3) is 0.550. The summed E-state index contributed by atoms with van der Waals surface area (Å²) in [6, 6.07) is 7.44. The molecular weight excluding hydrogens is 364 g/mol. The number of benzene rings is 1. The Morgan fingerprint density at radius 2 is 1.75 bits per heavy atom. The molecule has 0 saturated heterocycles. The molecule has 1 aromatic rings. The average Bonchev–Trinajstić information content (AvgIpc) is 2.60. The molecule has 8 heteroatoms. The topological polar surface area (TPSA) is 94.2 Å². The third-order valence-electron chi connectivity index (χ3n) is 3.43. The third-order valence-corrected chi connectivity index (χ3v) is 3.43. The minimum Gasteiger partial charge on any atom is -0.494 e. The zero-order valence-electron chi connectivity index (χ0n) is 17.2. The Morgan fingerprint density at radius 3 is 2.32 bits per heavy atom. The van der Waals surface area contributed by atoms with Crippen LogP contribution in [0.4, 0.5) is 4.79 Å². The lowest BCUT2D eigenvalue weighted by molar-refractivity contribution is -0.151. The molecule has 1 rings (SSSR count). The van der Waals surface area contributed by atoms with Crippen LogP contribution in [0.3, 0.4) is 0 Å². The summed E-state index contributed by atoms with van der Waals surface area (Å²) in [5.74, 6) is -0.115. The predicted molar refractivity (Wildman–Crippen MR) is 104 cm³/mol. The average molecular weight is 394 g/mol. The highest BCUT2D eigenvalue weighted by Crippen LogP contribution is 2.13. The van der Waals surface area contributed by atoms with Crippen molar-refractivity contribution in [2.45, 2.75) is 46.3 Å². The van der Waals surface area contributed by atoms with E-state index in [9.17, 15) is 14.4 Å². The second-order valence-electron chi connectivity index (χ2n) is 7.17. The SMILES string of the molecule is CCOc1ccc(CN(C)C(=O)COC(=O)CCNC(=O)OC(C)(C)C)cc1. The highest BCUT2D eigenvalue weighted by molar-refractivity contribution is 5.80. The Kier molecular flexibility index (Phi) is 9.27. The van der Waals surface area contributed by atoms with Gasteiger partial charge in [0.15, 0.2) is 6.61 Å². The molecule has 1 aromatic carbocycles. The van der Waals surface area contributed by atoms with Crippen LogP contribution in [0.15, 0.2) is 24.3 Å². The second kappa shape index (κ2) is 11.2. The molecule has 0 aliphatic rings. The minimum absolute atomic E-state index is 0.0465. The maximum atomic E-state index is 12.1. The van der Waals surface area contributed by atoms with Crippen LogP contribution in [-0.2, 0) is 25.6 Å². The van der Waals surface area contributed by atoms with Gasteiger partial charge in [0, 0.05) is 20.1 Å². The van der Waals surface area contributed by atoms with Gasteiger partial charge in [-0.2, -0.15) is 0 Å². The van der Waals surface area contributed by atoms with Crippen LogP contribution >= 0.6 is 0 Å². The molecule has 0 spiro atoms. The van der Waals surface area contributed by atoms with E-state index in [2.05, 4.69) is 5.32 Å². The number of hydrogen-bond donors (Lipinski definition) is 1. The Bertz CT molecular complexity index is 652. The summed E-state index contributed by atoms with van der Waals surface area (Å²) in [6.07, 6.45) is -0.652. The summed E-state index contributed by atoms with van der Waals surface area (Å²) in [6.45, 7) is 7.86. The van der Waals surface area contributed by atoms with Crippen molar-refractivity contribution in [3.8, 4) is 5.75 Å². The maximum Gasteiger partial charge on any atom is 0.407 e. The number of hydrogen-bond acceptors (Lipinski definition) is 6. The van der Waals surface area contributed by atoms with E-state index in [0.717, 1.165) is 11.3 Å². The van der Waals surface area contributed by atoms with E-state index >= 15 is 0 Å². The number of rotatable bonds is 9. The van der Waals surface area contributed by atoms with E-state index in [-0.39, 0.29) is 25.5 Å². The summed E-state index contributed by atoms with van der Waals surface area (Å²) >= 11 is 0. The Morgan fingerprint density at radius 1 is 1.11 bits per heavy atom. The van der Waals surface area contributed by atoms with Crippen LogP contribution in [0.1, 0.15) is 39.7 Å². The van der Waals surface area contributed by atoms with Crippen molar-refractivity contribution in [2.24, 2.45) is 0 Å². The van der Waals surface area contributed by atoms with Crippen molar-refractivity contribution in [1.29, 1.82) is 0 Å². The Labute approximate surface area is 166 Å². The number of likely N-dealkylation sites (N-methyl/N-ethyl adjacent to an activating group) is 1. The van der Waals surface area contributed by atoms with Gasteiger partial charge in [-0.05, 0) is 45.4 Å². The summed E-state index contributed by atoms with van der Waals surface area (Å²) in [4.78, 5) is 36.7. The first-order chi connectivity index (χ1) is 13.1. The van der Waals surface area contributed by atoms with Crippen LogP contribution in [0.25, 0.3) is 0 Å². The molecule has 0 unspecified atom stereocenters. The molecule has 0 fully saturated rings. The summed E-state index contributed by atoms with van der Waals surface area (Å²) < 4.78 is 15.4. The molecule has 0 saturated carbocycles. The number of carbonyl (C=O) groups is 3. The molecule has 0 heterocycles. The van der Waals surface area contributed by atoms with E-state index in [0.29, 0.717) is 13.2 Å². The molecule has 0 aliphatic carbocycles. The largest absolute Gasteiger partial charge is 0.494 e. The zero-order chi connectivity index (χ0) is 21.2. The molecule has 0 atom stereocenters. The predicted octanol–water partition coefficient (Wildman–Crippen LogP) is 2.50. The third kappa shape index (κ3) is 9.80. The van der Waals surface area contributed by atoms with Crippen molar-refractivity contribution in [3.05, 3.63) is 29.8 Å². The van der Waals surface area contributed by atoms with Crippen LogP contribution in [0.5, 0.6) is 5.75 Å². The second-order valence-corrected chi connectivity index (χ2v) is 7.17. The minimum atomic E-state index is -0.606. The number of nitrogens with one attached hydrogen (secondary N) is 1. The lowest BCUT2D eigenvalue weighted by Gasteiger charge is -2.19. The number of carbonyl (C=O) groups excluding carboxylic acids is 3. The lowest BCUT2D eigenvalue weighted by Crippen LogP contribution is -2.34. The van der Waals surface area contributed by atoms with E-state index in [1.807, 2.05) is 31.2 Å². The van der Waals surface area contributed by atoms with Crippen LogP contribution in [-0.4, -0.2) is 55.3 Å². The van der Waals surface area contributed by atoms with Crippen molar-refractivity contribution in [2.75, 3.05) is 26.8 Å². The molecule has 0 radical (unpaired) electrons. The molecule has 28 heavy (non-hydrogen) atoms. The molecule has 1 N–H and O–H groups in total. The van der Waals surface area contributed by atoms with Gasteiger partial charge < -0.3 is 24.4 Å². The number of esters is 1. The first kappa shape index (κ1) is 23.3. The fourth-order valence-electron chi connectivity index (χ4n) is 2.13. The maximum absolute atomic E-state index is 12.1. The quantitative estimate of drug-likeness (QED) is 0.647. The highest BCUT2D eigenvalue weighted by Gasteiger charge is 2.16. The molecular formula is C20H30N2O6. The number of ether oxygens (including phenoxy) is 3. The highest BCUT2D eigenvalue weighted by atomic mass is 16.6. The fourth-order valence-corrected chi connectivity index (χ4v) is 2.13. The van der Waals surface area contributed by atoms with Gasteiger partial charge in [0.05, 0.1) is 13.0 Å². The normalized spacial score (nSPS) is 10.8. The van der Waals surface area contributed by atoms with Crippen LogP contribution < -0.4 is 10.1 Å². The standard InChI is InChI=1S/C20H30N2O6/c1-6-26-16-9-7-15(8-10-16)13-22(5)17(23)14-27-18(24)11-12-21-19(25)28-20(2,3)4/h7-10H,6,11-14H2,1-5H3,(H,21,25). The van der Waals surface area contributed by atoms with Gasteiger partial charge in [0.1, 0.15) is 11.4 Å². The molecule has 0 bridgehead atoms. The summed E-state index contributed by atoms with van der Waals surface area (Å²) in [7, 11) is 1.64. The van der Waals surface area contributed by atoms with Crippen molar-refractivity contribution in [1.82, 2.24) is 10.2 Å². The van der Waals surface area contributed by atoms with Crippen molar-refractivity contribution < 1.29 is 28.6 Å². The monoisotopic (exact) mass is 394 g/mol. The van der Waals surface area contributed by atoms with E-state index in [1.54, 1.807) is 27.8 Å². The van der Waals surface area contributed by atoms with Gasteiger partial charge >= 0.3 is 12.1 Å². The van der Waals surface area contributed by atoms with Crippen molar-refractivity contribution >= 4 is 18.0 Å². The summed E-state index contributed by atoms with van der Waals surface area (Å²) in [5, 5.41) is 2.46. The zero-order valence-corrected chi connectivity index (χ0v) is 17.2. The number of nitrogens with zero attached hydrogens (tertiary/aromatic N) is 1. The van der Waals surface area contributed by atoms with Crippen LogP contribution in [0, 0.1) is 0 Å². The Balaban J connectivity index is 2.28. The van der Waals surface area contributed by atoms with E-state index in [4.69, 9.17) is 14.2 Å². The molecule has 0 aliphatic heterocycles. The number of amides is 2. The van der Waals surface area contributed by atoms with Gasteiger partial charge in [-0.1, -0.05) is 12.1 Å². The molecule has 156 valence electrons. The lowest BCUT2D eigenvalue weighted by atomic mass is 10.2. The number of alkyl carbamates (subject to hydrolysis) is 1. The van der Waals surface area contributed by atoms with E-state index < -0.39 is 17.7 Å². The molecule has 0 aromatic heterocycles. The van der Waals surface area contributed by atoms with Gasteiger partial charge in [-0.3, -0.25) is 9.59 Å². The first-order valence-electron chi connectivity index (χ1n) is 9.19. The summed E-state index contributed by atoms with van der Waals surface area (Å²) in [5.41, 5.74) is 0.331. The molecule has 2 amide bonds. The smallest absolute Gasteiger partial charge is 0.407 e. The first-order valence-corrected chi connectivity index (χ1v) is 9.19. The van der Waals surface area contributed by atoms with Crippen molar-refractivity contribution in [3.63, 3.8) is 0 Å². The Hall–Kier alpha value is -2.77. The molecule has 8 nitrogen and oxygen atoms in total. The van der Waals surface area contributed by atoms with Gasteiger partial charge in [-0.25, -0.2) is 4.79 Å². The van der Waals surface area contributed by atoms with E-state index in [1.165, 1.54) is 4.90 Å². The van der Waals surface area contributed by atoms with Gasteiger partial charge in [0.25, 0.3) is 5.91 Å². The van der Waals surface area contributed by atoms with Gasteiger partial charge in [0.2, 0.25) is 0 Å². The van der Waals surface area contributed by atoms with Crippen LogP contribution in [0.2, 0.25) is 0 Å².